The fourth-order valence-corrected chi connectivity index (χ4v) is 2.83. The van der Waals surface area contributed by atoms with Gasteiger partial charge < -0.3 is 5.32 Å². The molecule has 0 saturated carbocycles. The number of anilines is 1. The van der Waals surface area contributed by atoms with E-state index in [-0.39, 0.29) is 5.03 Å². The molecular weight excluding hydrogens is 262 g/mol. The third-order valence-electron chi connectivity index (χ3n) is 2.66. The molecule has 2 N–H and O–H groups in total. The maximum atomic E-state index is 12.2. The van der Waals surface area contributed by atoms with Crippen molar-refractivity contribution in [3.63, 3.8) is 0 Å². The summed E-state index contributed by atoms with van der Waals surface area (Å²) in [7, 11) is -3.53. The standard InChI is InChI=1S/C13H23N3O2S/c1-3-5-6-11-16-19(17,18)13-12(14-9-4-2)8-7-10-15-13/h7-8,10,14,16H,3-6,9,11H2,1-2H3. The van der Waals surface area contributed by atoms with Crippen molar-refractivity contribution in [3.05, 3.63) is 18.3 Å². The largest absolute Gasteiger partial charge is 0.383 e. The summed E-state index contributed by atoms with van der Waals surface area (Å²) in [4.78, 5) is 3.99. The molecule has 0 amide bonds. The van der Waals surface area contributed by atoms with Crippen molar-refractivity contribution in [2.45, 2.75) is 44.6 Å². The zero-order chi connectivity index (χ0) is 14.1. The summed E-state index contributed by atoms with van der Waals surface area (Å²) >= 11 is 0. The van der Waals surface area contributed by atoms with Gasteiger partial charge in [0.1, 0.15) is 0 Å². The van der Waals surface area contributed by atoms with Gasteiger partial charge in [-0.05, 0) is 25.0 Å². The van der Waals surface area contributed by atoms with Crippen LogP contribution in [0.4, 0.5) is 5.69 Å². The third kappa shape index (κ3) is 5.16. The minimum absolute atomic E-state index is 0.0833. The molecule has 0 atom stereocenters. The van der Waals surface area contributed by atoms with E-state index in [4.69, 9.17) is 0 Å². The van der Waals surface area contributed by atoms with Crippen molar-refractivity contribution in [1.29, 1.82) is 0 Å². The van der Waals surface area contributed by atoms with Gasteiger partial charge >= 0.3 is 0 Å². The van der Waals surface area contributed by atoms with Crippen LogP contribution in [0.5, 0.6) is 0 Å². The highest BCUT2D eigenvalue weighted by Crippen LogP contribution is 2.17. The topological polar surface area (TPSA) is 71.1 Å². The number of nitrogens with zero attached hydrogens (tertiary/aromatic N) is 1. The summed E-state index contributed by atoms with van der Waals surface area (Å²) in [6, 6.07) is 3.47. The van der Waals surface area contributed by atoms with Crippen LogP contribution in [0.3, 0.4) is 0 Å². The first-order valence-corrected chi connectivity index (χ1v) is 8.28. The number of rotatable bonds is 9. The lowest BCUT2D eigenvalue weighted by Gasteiger charge is -2.11. The van der Waals surface area contributed by atoms with Gasteiger partial charge in [-0.1, -0.05) is 26.7 Å². The van der Waals surface area contributed by atoms with Crippen LogP contribution >= 0.6 is 0 Å². The second kappa shape index (κ2) is 8.12. The minimum Gasteiger partial charge on any atom is -0.383 e. The van der Waals surface area contributed by atoms with Crippen LogP contribution in [0.2, 0.25) is 0 Å². The van der Waals surface area contributed by atoms with Gasteiger partial charge in [0.05, 0.1) is 5.69 Å². The predicted molar refractivity (Wildman–Crippen MR) is 77.7 cm³/mol. The first-order chi connectivity index (χ1) is 9.11. The SMILES string of the molecule is CCCCCNS(=O)(=O)c1ncccc1NCCC. The van der Waals surface area contributed by atoms with Gasteiger partial charge in [-0.2, -0.15) is 0 Å². The van der Waals surface area contributed by atoms with E-state index in [1.54, 1.807) is 12.1 Å². The molecular formula is C13H23N3O2S. The lowest BCUT2D eigenvalue weighted by atomic mass is 10.3. The van der Waals surface area contributed by atoms with Gasteiger partial charge in [0.15, 0.2) is 5.03 Å². The molecule has 1 aromatic rings. The number of pyridine rings is 1. The van der Waals surface area contributed by atoms with Crippen molar-refractivity contribution in [2.24, 2.45) is 0 Å². The van der Waals surface area contributed by atoms with Gasteiger partial charge in [-0.25, -0.2) is 18.1 Å². The lowest BCUT2D eigenvalue weighted by Crippen LogP contribution is -2.26. The van der Waals surface area contributed by atoms with Crippen molar-refractivity contribution in [2.75, 3.05) is 18.4 Å². The van der Waals surface area contributed by atoms with E-state index in [9.17, 15) is 8.42 Å². The Hall–Kier alpha value is -1.14. The van der Waals surface area contributed by atoms with E-state index in [1.807, 2.05) is 6.92 Å². The quantitative estimate of drug-likeness (QED) is 0.683. The predicted octanol–water partition coefficient (Wildman–Crippen LogP) is 2.37. The zero-order valence-electron chi connectivity index (χ0n) is 11.6. The number of nitrogens with one attached hydrogen (secondary N) is 2. The van der Waals surface area contributed by atoms with Crippen molar-refractivity contribution in [3.8, 4) is 0 Å². The van der Waals surface area contributed by atoms with Crippen LogP contribution in [0, 0.1) is 0 Å². The van der Waals surface area contributed by atoms with E-state index < -0.39 is 10.0 Å². The molecule has 5 nitrogen and oxygen atoms in total. The van der Waals surface area contributed by atoms with E-state index >= 15 is 0 Å². The Morgan fingerprint density at radius 1 is 1.16 bits per heavy atom. The summed E-state index contributed by atoms with van der Waals surface area (Å²) < 4.78 is 26.9. The van der Waals surface area contributed by atoms with Crippen LogP contribution in [0.1, 0.15) is 39.5 Å². The zero-order valence-corrected chi connectivity index (χ0v) is 12.5. The van der Waals surface area contributed by atoms with E-state index in [0.717, 1.165) is 32.2 Å². The monoisotopic (exact) mass is 285 g/mol. The highest BCUT2D eigenvalue weighted by atomic mass is 32.2. The molecule has 0 bridgehead atoms. The molecule has 0 spiro atoms. The average molecular weight is 285 g/mol. The molecule has 0 aliphatic heterocycles. The molecule has 19 heavy (non-hydrogen) atoms. The Labute approximate surface area is 115 Å². The van der Waals surface area contributed by atoms with Crippen molar-refractivity contribution >= 4 is 15.7 Å². The van der Waals surface area contributed by atoms with Gasteiger partial charge in [-0.15, -0.1) is 0 Å². The first-order valence-electron chi connectivity index (χ1n) is 6.80. The fraction of sp³-hybridized carbons (Fsp3) is 0.615. The molecule has 0 unspecified atom stereocenters. The number of unbranched alkanes of at least 4 members (excludes halogenated alkanes) is 2. The number of aromatic nitrogens is 1. The Bertz CT molecular complexity index is 475. The maximum Gasteiger partial charge on any atom is 0.260 e. The first kappa shape index (κ1) is 15.9. The Morgan fingerprint density at radius 3 is 2.63 bits per heavy atom. The number of hydrogen-bond donors (Lipinski definition) is 2. The van der Waals surface area contributed by atoms with E-state index in [0.29, 0.717) is 12.2 Å². The highest BCUT2D eigenvalue weighted by molar-refractivity contribution is 7.89. The van der Waals surface area contributed by atoms with Gasteiger partial charge in [0.25, 0.3) is 10.0 Å². The summed E-state index contributed by atoms with van der Waals surface area (Å²) in [6.07, 6.45) is 5.36. The third-order valence-corrected chi connectivity index (χ3v) is 4.08. The van der Waals surface area contributed by atoms with E-state index in [2.05, 4.69) is 21.9 Å². The lowest BCUT2D eigenvalue weighted by molar-refractivity contribution is 0.572. The fourth-order valence-electron chi connectivity index (χ4n) is 1.65. The smallest absolute Gasteiger partial charge is 0.260 e. The normalized spacial score (nSPS) is 11.5. The van der Waals surface area contributed by atoms with E-state index in [1.165, 1.54) is 6.20 Å². The van der Waals surface area contributed by atoms with Crippen LogP contribution < -0.4 is 10.0 Å². The van der Waals surface area contributed by atoms with Gasteiger partial charge in [0, 0.05) is 19.3 Å². The summed E-state index contributed by atoms with van der Waals surface area (Å²) in [6.45, 7) is 5.30. The van der Waals surface area contributed by atoms with Crippen molar-refractivity contribution in [1.82, 2.24) is 9.71 Å². The molecule has 0 aliphatic carbocycles. The Kier molecular flexibility index (Phi) is 6.80. The molecule has 0 radical (unpaired) electrons. The second-order valence-electron chi connectivity index (χ2n) is 4.39. The van der Waals surface area contributed by atoms with Crippen LogP contribution in [0.25, 0.3) is 0 Å². The number of sulfonamides is 1. The van der Waals surface area contributed by atoms with Gasteiger partial charge in [-0.3, -0.25) is 0 Å². The molecule has 1 rings (SSSR count). The van der Waals surface area contributed by atoms with Crippen LogP contribution in [-0.2, 0) is 10.0 Å². The molecule has 0 fully saturated rings. The van der Waals surface area contributed by atoms with Crippen LogP contribution in [0.15, 0.2) is 23.4 Å². The molecule has 1 aromatic heterocycles. The maximum absolute atomic E-state index is 12.2. The Balaban J connectivity index is 2.76. The molecule has 0 saturated heterocycles. The molecule has 1 heterocycles. The Morgan fingerprint density at radius 2 is 1.95 bits per heavy atom. The molecule has 0 aromatic carbocycles. The van der Waals surface area contributed by atoms with Crippen LogP contribution in [-0.4, -0.2) is 26.5 Å². The summed E-state index contributed by atoms with van der Waals surface area (Å²) in [5.74, 6) is 0. The molecule has 0 aliphatic rings. The molecule has 108 valence electrons. The highest BCUT2D eigenvalue weighted by Gasteiger charge is 2.19. The number of hydrogen-bond acceptors (Lipinski definition) is 4. The molecule has 6 heteroatoms. The second-order valence-corrected chi connectivity index (χ2v) is 6.07. The summed E-state index contributed by atoms with van der Waals surface area (Å²) in [5, 5.41) is 3.17. The van der Waals surface area contributed by atoms with Crippen molar-refractivity contribution < 1.29 is 8.42 Å². The van der Waals surface area contributed by atoms with Gasteiger partial charge in [0.2, 0.25) is 0 Å². The summed E-state index contributed by atoms with van der Waals surface area (Å²) in [5.41, 5.74) is 0.562. The average Bonchev–Trinajstić information content (AvgIpc) is 2.41. The minimum atomic E-state index is -3.53.